The number of nitrogens with one attached hydrogen (secondary N) is 2. The first kappa shape index (κ1) is 18.8. The minimum Gasteiger partial charge on any atom is -0.465 e. The van der Waals surface area contributed by atoms with Crippen LogP contribution in [0, 0.1) is 6.92 Å². The Balaban J connectivity index is 1.82. The van der Waals surface area contributed by atoms with Crippen LogP contribution in [-0.4, -0.2) is 32.1 Å². The van der Waals surface area contributed by atoms with Gasteiger partial charge in [0.15, 0.2) is 0 Å². The van der Waals surface area contributed by atoms with Crippen LogP contribution < -0.4 is 10.6 Å². The number of methoxy groups -OCH3 is 1. The molecule has 0 aliphatic rings. The summed E-state index contributed by atoms with van der Waals surface area (Å²) in [5, 5.41) is 6.15. The third kappa shape index (κ3) is 5.50. The minimum absolute atomic E-state index is 0.107. The third-order valence-electron chi connectivity index (χ3n) is 3.80. The Bertz CT molecular complexity index is 762. The summed E-state index contributed by atoms with van der Waals surface area (Å²) in [6.45, 7) is 2.73. The lowest BCUT2D eigenvalue weighted by Gasteiger charge is -2.10. The maximum Gasteiger partial charge on any atom is 0.339 e. The number of hydrogen-bond donors (Lipinski definition) is 2. The van der Waals surface area contributed by atoms with Gasteiger partial charge in [-0.05, 0) is 42.7 Å². The highest BCUT2D eigenvalue weighted by atomic mass is 35.5. The monoisotopic (exact) mass is 360 g/mol. The Morgan fingerprint density at radius 1 is 1.16 bits per heavy atom. The summed E-state index contributed by atoms with van der Waals surface area (Å²) in [6.07, 6.45) is 0.784. The van der Waals surface area contributed by atoms with Crippen LogP contribution in [0.4, 0.5) is 5.69 Å². The van der Waals surface area contributed by atoms with Gasteiger partial charge in [-0.1, -0.05) is 35.9 Å². The average Bonchev–Trinajstić information content (AvgIpc) is 2.62. The largest absolute Gasteiger partial charge is 0.465 e. The van der Waals surface area contributed by atoms with Gasteiger partial charge in [-0.2, -0.15) is 0 Å². The Hall–Kier alpha value is -2.53. The van der Waals surface area contributed by atoms with Crippen molar-refractivity contribution < 1.29 is 14.3 Å². The Morgan fingerprint density at radius 2 is 1.92 bits per heavy atom. The summed E-state index contributed by atoms with van der Waals surface area (Å²) < 4.78 is 4.67. The molecule has 2 aromatic rings. The van der Waals surface area contributed by atoms with Crippen molar-refractivity contribution in [2.24, 2.45) is 0 Å². The zero-order chi connectivity index (χ0) is 18.2. The smallest absolute Gasteiger partial charge is 0.339 e. The molecule has 6 heteroatoms. The van der Waals surface area contributed by atoms with Crippen molar-refractivity contribution in [2.45, 2.75) is 13.3 Å². The predicted molar refractivity (Wildman–Crippen MR) is 99.2 cm³/mol. The molecular formula is C19H21ClN2O3. The Morgan fingerprint density at radius 3 is 2.64 bits per heavy atom. The molecule has 0 radical (unpaired) electrons. The van der Waals surface area contributed by atoms with Crippen molar-refractivity contribution in [1.29, 1.82) is 0 Å². The summed E-state index contributed by atoms with van der Waals surface area (Å²) in [4.78, 5) is 23.6. The molecule has 0 spiro atoms. The van der Waals surface area contributed by atoms with E-state index >= 15 is 0 Å². The standard InChI is InChI=1S/C19H21ClN2O3/c1-13-5-3-4-6-14(13)9-10-21-18(23)12-22-15-7-8-17(20)16(11-15)19(24)25-2/h3-8,11,22H,9-10,12H2,1-2H3,(H,21,23). The van der Waals surface area contributed by atoms with Gasteiger partial charge >= 0.3 is 5.97 Å². The number of hydrogen-bond acceptors (Lipinski definition) is 4. The van der Waals surface area contributed by atoms with Gasteiger partial charge in [-0.15, -0.1) is 0 Å². The number of ether oxygens (including phenoxy) is 1. The molecule has 0 bridgehead atoms. The number of amides is 1. The van der Waals surface area contributed by atoms with Crippen LogP contribution in [0.25, 0.3) is 0 Å². The van der Waals surface area contributed by atoms with E-state index in [1.165, 1.54) is 18.2 Å². The number of anilines is 1. The molecule has 0 aliphatic carbocycles. The summed E-state index contributed by atoms with van der Waals surface area (Å²) in [6, 6.07) is 13.0. The predicted octanol–water partition coefficient (Wildman–Crippen LogP) is 3.21. The number of halogens is 1. The quantitative estimate of drug-likeness (QED) is 0.744. The van der Waals surface area contributed by atoms with Crippen molar-refractivity contribution in [3.63, 3.8) is 0 Å². The van der Waals surface area contributed by atoms with Crippen LogP contribution in [-0.2, 0) is 16.0 Å². The summed E-state index contributed by atoms with van der Waals surface area (Å²) in [7, 11) is 1.29. The lowest BCUT2D eigenvalue weighted by molar-refractivity contribution is -0.119. The molecule has 132 valence electrons. The molecule has 5 nitrogen and oxygen atoms in total. The van der Waals surface area contributed by atoms with Crippen LogP contribution in [0.3, 0.4) is 0 Å². The van der Waals surface area contributed by atoms with E-state index in [1.54, 1.807) is 18.2 Å². The number of rotatable bonds is 7. The van der Waals surface area contributed by atoms with Gasteiger partial charge < -0.3 is 15.4 Å². The Kier molecular flexibility index (Phi) is 6.83. The average molecular weight is 361 g/mol. The zero-order valence-electron chi connectivity index (χ0n) is 14.3. The first-order chi connectivity index (χ1) is 12.0. The number of esters is 1. The van der Waals surface area contributed by atoms with Crippen molar-refractivity contribution in [1.82, 2.24) is 5.32 Å². The molecule has 0 aliphatic heterocycles. The van der Waals surface area contributed by atoms with Gasteiger partial charge in [0.2, 0.25) is 5.91 Å². The molecule has 2 aromatic carbocycles. The van der Waals surface area contributed by atoms with Gasteiger partial charge in [0, 0.05) is 12.2 Å². The highest BCUT2D eigenvalue weighted by Crippen LogP contribution is 2.21. The lowest BCUT2D eigenvalue weighted by Crippen LogP contribution is -2.31. The first-order valence-corrected chi connectivity index (χ1v) is 8.32. The number of carbonyl (C=O) groups excluding carboxylic acids is 2. The van der Waals surface area contributed by atoms with Crippen LogP contribution in [0.2, 0.25) is 5.02 Å². The van der Waals surface area contributed by atoms with E-state index in [4.69, 9.17) is 11.6 Å². The van der Waals surface area contributed by atoms with Gasteiger partial charge in [0.05, 0.1) is 24.2 Å². The molecule has 0 fully saturated rings. The minimum atomic E-state index is -0.517. The van der Waals surface area contributed by atoms with E-state index in [9.17, 15) is 9.59 Å². The molecule has 2 N–H and O–H groups in total. The highest BCUT2D eigenvalue weighted by molar-refractivity contribution is 6.33. The van der Waals surface area contributed by atoms with Gasteiger partial charge in [0.25, 0.3) is 0 Å². The maximum atomic E-state index is 11.9. The zero-order valence-corrected chi connectivity index (χ0v) is 15.0. The summed E-state index contributed by atoms with van der Waals surface area (Å²) in [5.41, 5.74) is 3.32. The molecule has 1 amide bonds. The molecule has 0 saturated heterocycles. The summed E-state index contributed by atoms with van der Waals surface area (Å²) >= 11 is 5.96. The number of aryl methyl sites for hydroxylation is 1. The van der Waals surface area contributed by atoms with Crippen LogP contribution in [0.15, 0.2) is 42.5 Å². The molecule has 0 saturated carbocycles. The molecule has 0 aromatic heterocycles. The molecular weight excluding hydrogens is 340 g/mol. The second-order valence-corrected chi connectivity index (χ2v) is 5.97. The third-order valence-corrected chi connectivity index (χ3v) is 4.13. The number of carbonyl (C=O) groups is 2. The fourth-order valence-electron chi connectivity index (χ4n) is 2.37. The normalized spacial score (nSPS) is 10.2. The van der Waals surface area contributed by atoms with Crippen molar-refractivity contribution in [3.05, 3.63) is 64.2 Å². The van der Waals surface area contributed by atoms with E-state index in [1.807, 2.05) is 12.1 Å². The van der Waals surface area contributed by atoms with Crippen LogP contribution in [0.1, 0.15) is 21.5 Å². The lowest BCUT2D eigenvalue weighted by atomic mass is 10.1. The van der Waals surface area contributed by atoms with Gasteiger partial charge in [-0.3, -0.25) is 4.79 Å². The highest BCUT2D eigenvalue weighted by Gasteiger charge is 2.11. The molecule has 2 rings (SSSR count). The van der Waals surface area contributed by atoms with Gasteiger partial charge in [-0.25, -0.2) is 4.79 Å². The molecule has 0 heterocycles. The van der Waals surface area contributed by atoms with E-state index in [0.29, 0.717) is 17.3 Å². The Labute approximate surface area is 152 Å². The molecule has 0 unspecified atom stereocenters. The first-order valence-electron chi connectivity index (χ1n) is 7.94. The van der Waals surface area contributed by atoms with E-state index in [0.717, 1.165) is 6.42 Å². The van der Waals surface area contributed by atoms with E-state index in [2.05, 4.69) is 34.4 Å². The fourth-order valence-corrected chi connectivity index (χ4v) is 2.57. The maximum absolute atomic E-state index is 11.9. The topological polar surface area (TPSA) is 67.4 Å². The second kappa shape index (κ2) is 9.08. The van der Waals surface area contributed by atoms with E-state index < -0.39 is 5.97 Å². The molecule has 0 atom stereocenters. The number of benzene rings is 2. The van der Waals surface area contributed by atoms with Crippen molar-refractivity contribution >= 4 is 29.2 Å². The van der Waals surface area contributed by atoms with E-state index in [-0.39, 0.29) is 18.0 Å². The molecule has 25 heavy (non-hydrogen) atoms. The van der Waals surface area contributed by atoms with Crippen LogP contribution in [0.5, 0.6) is 0 Å². The SMILES string of the molecule is COC(=O)c1cc(NCC(=O)NCCc2ccccc2C)ccc1Cl. The van der Waals surface area contributed by atoms with Crippen molar-refractivity contribution in [3.8, 4) is 0 Å². The second-order valence-electron chi connectivity index (χ2n) is 5.57. The van der Waals surface area contributed by atoms with Gasteiger partial charge in [0.1, 0.15) is 0 Å². The van der Waals surface area contributed by atoms with Crippen molar-refractivity contribution in [2.75, 3.05) is 25.5 Å². The fraction of sp³-hybridized carbons (Fsp3) is 0.263. The summed E-state index contributed by atoms with van der Waals surface area (Å²) in [5.74, 6) is -0.639. The van der Waals surface area contributed by atoms with Crippen LogP contribution >= 0.6 is 11.6 Å².